The molecule has 3 N–H and O–H groups in total. The Bertz CT molecular complexity index is 982. The zero-order valence-corrected chi connectivity index (χ0v) is 17.9. The number of rotatable bonds is 9. The number of hydrogen-bond acceptors (Lipinski definition) is 4. The smallest absolute Gasteiger partial charge is 0.319 e. The number of nitrogens with zero attached hydrogens (tertiary/aromatic N) is 1. The van der Waals surface area contributed by atoms with Gasteiger partial charge in [-0.05, 0) is 38.0 Å². The van der Waals surface area contributed by atoms with Crippen LogP contribution in [0.5, 0.6) is 0 Å². The minimum absolute atomic E-state index is 0.0200. The molecule has 7 nitrogen and oxygen atoms in total. The first-order valence-electron chi connectivity index (χ1n) is 10.4. The maximum Gasteiger partial charge on any atom is 0.319 e. The Labute approximate surface area is 182 Å². The van der Waals surface area contributed by atoms with Gasteiger partial charge >= 0.3 is 6.03 Å². The molecule has 3 rings (SSSR count). The number of nitrogens with one attached hydrogen (secondary N) is 3. The first kappa shape index (κ1) is 22.1. The highest BCUT2D eigenvalue weighted by atomic mass is 16.4. The summed E-state index contributed by atoms with van der Waals surface area (Å²) in [6, 6.07) is 17.0. The molecule has 0 aliphatic heterocycles. The van der Waals surface area contributed by atoms with Crippen LogP contribution >= 0.6 is 0 Å². The van der Waals surface area contributed by atoms with Crippen LogP contribution in [-0.2, 0) is 17.8 Å². The number of amides is 3. The fraction of sp³-hybridized carbons (Fsp3) is 0.292. The lowest BCUT2D eigenvalue weighted by atomic mass is 10.2. The molecule has 3 amide bonds. The van der Waals surface area contributed by atoms with Crippen molar-refractivity contribution in [2.24, 2.45) is 0 Å². The van der Waals surface area contributed by atoms with Crippen LogP contribution in [0.2, 0.25) is 0 Å². The molecule has 162 valence electrons. The van der Waals surface area contributed by atoms with Crippen LogP contribution in [0.3, 0.4) is 0 Å². The van der Waals surface area contributed by atoms with Crippen LogP contribution in [0.25, 0.3) is 11.3 Å². The quantitative estimate of drug-likeness (QED) is 0.474. The summed E-state index contributed by atoms with van der Waals surface area (Å²) in [5, 5.41) is 8.45. The number of oxazole rings is 1. The van der Waals surface area contributed by atoms with Crippen LogP contribution < -0.4 is 16.0 Å². The van der Waals surface area contributed by atoms with Gasteiger partial charge in [0.25, 0.3) is 0 Å². The number of benzene rings is 2. The molecule has 0 fully saturated rings. The van der Waals surface area contributed by atoms with Crippen LogP contribution in [-0.4, -0.2) is 23.0 Å². The van der Waals surface area contributed by atoms with E-state index >= 15 is 0 Å². The van der Waals surface area contributed by atoms with Crippen LogP contribution in [0.15, 0.2) is 65.2 Å². The summed E-state index contributed by atoms with van der Waals surface area (Å²) in [4.78, 5) is 28.1. The average molecular weight is 421 g/mol. The van der Waals surface area contributed by atoms with Gasteiger partial charge in [-0.15, -0.1) is 0 Å². The molecule has 0 saturated heterocycles. The number of carbonyl (C=O) groups is 2. The Kier molecular flexibility index (Phi) is 7.81. The van der Waals surface area contributed by atoms with Crippen molar-refractivity contribution >= 4 is 17.6 Å². The summed E-state index contributed by atoms with van der Waals surface area (Å²) in [7, 11) is 0. The molecule has 0 unspecified atom stereocenters. The minimum Gasteiger partial charge on any atom is -0.441 e. The first-order chi connectivity index (χ1) is 15.0. The molecule has 1 aromatic heterocycles. The predicted molar refractivity (Wildman–Crippen MR) is 120 cm³/mol. The van der Waals surface area contributed by atoms with Crippen LogP contribution in [0, 0.1) is 0 Å². The zero-order valence-electron chi connectivity index (χ0n) is 17.9. The third-order valence-electron chi connectivity index (χ3n) is 4.53. The standard InChI is InChI=1S/C24H28N4O3/c1-17(2)27-24(30)28-20-13-11-18(12-14-20)15-25-22(29)9-6-10-23-26-16-21(31-23)19-7-4-3-5-8-19/h3-5,7-8,11-14,16-17H,6,9-10,15H2,1-2H3,(H,25,29)(H2,27,28,30). The molecule has 0 radical (unpaired) electrons. The van der Waals surface area contributed by atoms with Gasteiger partial charge in [-0.2, -0.15) is 0 Å². The van der Waals surface area contributed by atoms with Crippen molar-refractivity contribution in [1.29, 1.82) is 0 Å². The maximum absolute atomic E-state index is 12.1. The lowest BCUT2D eigenvalue weighted by Gasteiger charge is -2.10. The Hall–Kier alpha value is -3.61. The summed E-state index contributed by atoms with van der Waals surface area (Å²) < 4.78 is 5.76. The van der Waals surface area contributed by atoms with E-state index in [-0.39, 0.29) is 18.0 Å². The summed E-state index contributed by atoms with van der Waals surface area (Å²) in [6.07, 6.45) is 3.39. The highest BCUT2D eigenvalue weighted by molar-refractivity contribution is 5.89. The summed E-state index contributed by atoms with van der Waals surface area (Å²) in [5.74, 6) is 1.35. The van der Waals surface area contributed by atoms with Crippen molar-refractivity contribution in [3.63, 3.8) is 0 Å². The van der Waals surface area contributed by atoms with Crippen LogP contribution in [0.4, 0.5) is 10.5 Å². The molecule has 7 heteroatoms. The number of anilines is 1. The van der Waals surface area contributed by atoms with Crippen molar-refractivity contribution in [3.8, 4) is 11.3 Å². The van der Waals surface area contributed by atoms with E-state index in [4.69, 9.17) is 4.42 Å². The summed E-state index contributed by atoms with van der Waals surface area (Å²) in [5.41, 5.74) is 2.65. The number of hydrogen-bond donors (Lipinski definition) is 3. The number of carbonyl (C=O) groups excluding carboxylic acids is 2. The van der Waals surface area contributed by atoms with Crippen molar-refractivity contribution in [2.75, 3.05) is 5.32 Å². The Morgan fingerprint density at radius 2 is 1.77 bits per heavy atom. The Balaban J connectivity index is 1.37. The van der Waals surface area contributed by atoms with E-state index in [1.807, 2.05) is 68.4 Å². The minimum atomic E-state index is -0.238. The fourth-order valence-corrected chi connectivity index (χ4v) is 2.99. The third kappa shape index (κ3) is 7.29. The number of urea groups is 1. The predicted octanol–water partition coefficient (Wildman–Crippen LogP) is 4.51. The van der Waals surface area contributed by atoms with E-state index < -0.39 is 0 Å². The Morgan fingerprint density at radius 3 is 2.48 bits per heavy atom. The van der Waals surface area contributed by atoms with Gasteiger partial charge in [0.05, 0.1) is 6.20 Å². The van der Waals surface area contributed by atoms with Crippen molar-refractivity contribution < 1.29 is 14.0 Å². The van der Waals surface area contributed by atoms with E-state index in [2.05, 4.69) is 20.9 Å². The summed E-state index contributed by atoms with van der Waals surface area (Å²) in [6.45, 7) is 4.24. The van der Waals surface area contributed by atoms with Gasteiger partial charge in [-0.3, -0.25) is 4.79 Å². The number of aryl methyl sites for hydroxylation is 1. The average Bonchev–Trinajstić information content (AvgIpc) is 3.22. The largest absolute Gasteiger partial charge is 0.441 e. The van der Waals surface area contributed by atoms with Gasteiger partial charge in [-0.1, -0.05) is 42.5 Å². The molecule has 2 aromatic carbocycles. The van der Waals surface area contributed by atoms with E-state index in [0.29, 0.717) is 37.4 Å². The topological polar surface area (TPSA) is 96.3 Å². The monoisotopic (exact) mass is 420 g/mol. The first-order valence-corrected chi connectivity index (χ1v) is 10.4. The van der Waals surface area contributed by atoms with E-state index in [0.717, 1.165) is 16.9 Å². The molecular weight excluding hydrogens is 392 g/mol. The van der Waals surface area contributed by atoms with E-state index in [1.54, 1.807) is 6.20 Å². The van der Waals surface area contributed by atoms with Gasteiger partial charge in [0.15, 0.2) is 11.7 Å². The third-order valence-corrected chi connectivity index (χ3v) is 4.53. The van der Waals surface area contributed by atoms with Gasteiger partial charge in [-0.25, -0.2) is 9.78 Å². The van der Waals surface area contributed by atoms with Crippen molar-refractivity contribution in [3.05, 3.63) is 72.2 Å². The van der Waals surface area contributed by atoms with E-state index in [1.165, 1.54) is 0 Å². The second-order valence-electron chi connectivity index (χ2n) is 7.56. The lowest BCUT2D eigenvalue weighted by Crippen LogP contribution is -2.34. The van der Waals surface area contributed by atoms with Gasteiger partial charge in [0.1, 0.15) is 0 Å². The second-order valence-corrected chi connectivity index (χ2v) is 7.56. The Morgan fingerprint density at radius 1 is 1.03 bits per heavy atom. The SMILES string of the molecule is CC(C)NC(=O)Nc1ccc(CNC(=O)CCCc2ncc(-c3ccccc3)o2)cc1. The van der Waals surface area contributed by atoms with Crippen molar-refractivity contribution in [1.82, 2.24) is 15.6 Å². The molecule has 31 heavy (non-hydrogen) atoms. The van der Waals surface area contributed by atoms with Gasteiger partial charge in [0, 0.05) is 36.7 Å². The highest BCUT2D eigenvalue weighted by Gasteiger charge is 2.08. The molecular formula is C24H28N4O3. The van der Waals surface area contributed by atoms with Crippen molar-refractivity contribution in [2.45, 2.75) is 45.7 Å². The number of aromatic nitrogens is 1. The maximum atomic E-state index is 12.1. The second kappa shape index (κ2) is 11.0. The molecule has 3 aromatic rings. The van der Waals surface area contributed by atoms with Gasteiger partial charge < -0.3 is 20.4 Å². The molecule has 0 atom stereocenters. The highest BCUT2D eigenvalue weighted by Crippen LogP contribution is 2.20. The molecule has 0 bridgehead atoms. The van der Waals surface area contributed by atoms with E-state index in [9.17, 15) is 9.59 Å². The lowest BCUT2D eigenvalue weighted by molar-refractivity contribution is -0.121. The fourth-order valence-electron chi connectivity index (χ4n) is 2.99. The van der Waals surface area contributed by atoms with Crippen LogP contribution in [0.1, 0.15) is 38.1 Å². The normalized spacial score (nSPS) is 10.7. The molecule has 0 aliphatic rings. The summed E-state index contributed by atoms with van der Waals surface area (Å²) >= 11 is 0. The molecule has 0 spiro atoms. The van der Waals surface area contributed by atoms with Gasteiger partial charge in [0.2, 0.25) is 5.91 Å². The zero-order chi connectivity index (χ0) is 22.1. The molecule has 1 heterocycles. The molecule has 0 aliphatic carbocycles. The molecule has 0 saturated carbocycles.